The molecule has 0 aliphatic rings. The minimum absolute atomic E-state index is 0.0538. The fraction of sp³-hybridized carbons (Fsp3) is 0.111. The number of hydrogen-bond donors (Lipinski definition) is 2. The van der Waals surface area contributed by atoms with Crippen molar-refractivity contribution < 1.29 is 9.52 Å². The van der Waals surface area contributed by atoms with Crippen molar-refractivity contribution in [2.24, 2.45) is 5.73 Å². The number of pyridine rings is 1. The van der Waals surface area contributed by atoms with E-state index in [4.69, 9.17) is 5.73 Å². The summed E-state index contributed by atoms with van der Waals surface area (Å²) in [6.07, 6.45) is 0. The lowest BCUT2D eigenvalue weighted by molar-refractivity contribution is -0.579. The molecule has 5 nitrogen and oxygen atoms in total. The Morgan fingerprint density at radius 1 is 1.04 bits per heavy atom. The first kappa shape index (κ1) is 15.0. The van der Waals surface area contributed by atoms with Crippen molar-refractivity contribution in [2.75, 3.05) is 6.54 Å². The molecule has 0 aliphatic carbocycles. The number of rotatable bonds is 4. The number of aromatic nitrogens is 1. The third-order valence-electron chi connectivity index (χ3n) is 3.77. The Morgan fingerprint density at radius 2 is 1.74 bits per heavy atom. The van der Waals surface area contributed by atoms with Gasteiger partial charge in [-0.25, -0.2) is 0 Å². The third kappa shape index (κ3) is 3.00. The van der Waals surface area contributed by atoms with Crippen LogP contribution < -0.4 is 15.8 Å². The van der Waals surface area contributed by atoms with Gasteiger partial charge in [-0.05, 0) is 17.7 Å². The van der Waals surface area contributed by atoms with Gasteiger partial charge in [-0.1, -0.05) is 42.5 Å². The minimum Gasteiger partial charge on any atom is -0.618 e. The molecule has 1 heterocycles. The van der Waals surface area contributed by atoms with Gasteiger partial charge < -0.3 is 16.3 Å². The Bertz CT molecular complexity index is 834. The number of benzene rings is 2. The van der Waals surface area contributed by atoms with Crippen molar-refractivity contribution in [2.45, 2.75) is 6.04 Å². The van der Waals surface area contributed by atoms with Crippen LogP contribution in [0.25, 0.3) is 10.9 Å². The first-order valence-corrected chi connectivity index (χ1v) is 7.38. The Kier molecular flexibility index (Phi) is 4.21. The molecule has 1 atom stereocenters. The summed E-state index contributed by atoms with van der Waals surface area (Å²) >= 11 is 0. The molecule has 0 aliphatic heterocycles. The lowest BCUT2D eigenvalue weighted by Gasteiger charge is -2.17. The lowest BCUT2D eigenvalue weighted by Crippen LogP contribution is -2.42. The summed E-state index contributed by atoms with van der Waals surface area (Å²) in [6.45, 7) is 0.252. The minimum atomic E-state index is -0.440. The molecule has 0 bridgehead atoms. The number of nitrogens with zero attached hydrogens (tertiary/aromatic N) is 1. The van der Waals surface area contributed by atoms with E-state index in [1.54, 1.807) is 18.2 Å². The van der Waals surface area contributed by atoms with E-state index in [1.807, 2.05) is 42.5 Å². The van der Waals surface area contributed by atoms with Crippen molar-refractivity contribution in [3.63, 3.8) is 0 Å². The molecule has 5 heteroatoms. The van der Waals surface area contributed by atoms with E-state index in [1.165, 1.54) is 6.07 Å². The molecule has 1 amide bonds. The van der Waals surface area contributed by atoms with Crippen LogP contribution >= 0.6 is 0 Å². The summed E-state index contributed by atoms with van der Waals surface area (Å²) in [5.41, 5.74) is 7.18. The summed E-state index contributed by atoms with van der Waals surface area (Å²) in [7, 11) is 0. The van der Waals surface area contributed by atoms with Crippen molar-refractivity contribution >= 4 is 16.8 Å². The Labute approximate surface area is 133 Å². The highest BCUT2D eigenvalue weighted by Crippen LogP contribution is 2.13. The van der Waals surface area contributed by atoms with Gasteiger partial charge in [-0.15, -0.1) is 0 Å². The average molecular weight is 307 g/mol. The molecule has 23 heavy (non-hydrogen) atoms. The standard InChI is InChI=1S/C18H17N3O2/c19-12-15(13-6-2-1-3-7-13)20-18(22)17-11-10-14-8-4-5-9-16(14)21(17)23/h1-11,15H,12,19H2,(H,20,22). The number of amides is 1. The monoisotopic (exact) mass is 307 g/mol. The summed E-state index contributed by atoms with van der Waals surface area (Å²) in [6, 6.07) is 19.5. The van der Waals surface area contributed by atoms with Gasteiger partial charge >= 0.3 is 5.91 Å². The van der Waals surface area contributed by atoms with Crippen LogP contribution in [-0.4, -0.2) is 12.5 Å². The number of nitrogens with two attached hydrogens (primary N) is 1. The molecule has 1 aromatic heterocycles. The van der Waals surface area contributed by atoms with Gasteiger partial charge in [0, 0.05) is 24.1 Å². The molecule has 3 rings (SSSR count). The first-order valence-electron chi connectivity index (χ1n) is 7.38. The van der Waals surface area contributed by atoms with Crippen molar-refractivity contribution in [3.8, 4) is 0 Å². The second-order valence-electron chi connectivity index (χ2n) is 5.24. The average Bonchev–Trinajstić information content (AvgIpc) is 2.60. The molecular weight excluding hydrogens is 290 g/mol. The van der Waals surface area contributed by atoms with E-state index in [2.05, 4.69) is 5.32 Å². The molecule has 3 aromatic rings. The molecule has 0 spiro atoms. The quantitative estimate of drug-likeness (QED) is 0.570. The molecule has 0 saturated carbocycles. The van der Waals surface area contributed by atoms with Gasteiger partial charge in [-0.2, -0.15) is 4.73 Å². The Hall–Kier alpha value is -2.92. The molecule has 1 unspecified atom stereocenters. The predicted octanol–water partition coefficient (Wildman–Crippen LogP) is 1.90. The van der Waals surface area contributed by atoms with Crippen LogP contribution in [0, 0.1) is 5.21 Å². The smallest absolute Gasteiger partial charge is 0.317 e. The SMILES string of the molecule is NCC(NC(=O)c1ccc2ccccc2[n+]1[O-])c1ccccc1. The molecule has 0 saturated heterocycles. The van der Waals surface area contributed by atoms with Crippen molar-refractivity contribution in [3.05, 3.63) is 83.2 Å². The highest BCUT2D eigenvalue weighted by Gasteiger charge is 2.21. The largest absolute Gasteiger partial charge is 0.618 e. The maximum absolute atomic E-state index is 12.5. The summed E-state index contributed by atoms with van der Waals surface area (Å²) < 4.78 is 0.656. The van der Waals surface area contributed by atoms with Crippen LogP contribution in [0.2, 0.25) is 0 Å². The highest BCUT2D eigenvalue weighted by molar-refractivity contribution is 5.92. The van der Waals surface area contributed by atoms with Crippen LogP contribution in [-0.2, 0) is 0 Å². The maximum atomic E-state index is 12.5. The zero-order chi connectivity index (χ0) is 16.2. The predicted molar refractivity (Wildman–Crippen MR) is 88.6 cm³/mol. The molecule has 3 N–H and O–H groups in total. The Balaban J connectivity index is 1.90. The zero-order valence-corrected chi connectivity index (χ0v) is 12.5. The molecular formula is C18H17N3O2. The molecule has 0 radical (unpaired) electrons. The van der Waals surface area contributed by atoms with Crippen LogP contribution in [0.5, 0.6) is 0 Å². The van der Waals surface area contributed by atoms with E-state index in [9.17, 15) is 10.0 Å². The van der Waals surface area contributed by atoms with Crippen LogP contribution in [0.4, 0.5) is 0 Å². The number of carbonyl (C=O) groups excluding carboxylic acids is 1. The second-order valence-corrected chi connectivity index (χ2v) is 5.24. The van der Waals surface area contributed by atoms with Crippen molar-refractivity contribution in [1.29, 1.82) is 0 Å². The second kappa shape index (κ2) is 6.46. The topological polar surface area (TPSA) is 82.1 Å². The number of fused-ring (bicyclic) bond motifs is 1. The molecule has 116 valence electrons. The van der Waals surface area contributed by atoms with E-state index in [0.717, 1.165) is 10.9 Å². The normalized spacial score (nSPS) is 12.0. The first-order chi connectivity index (χ1) is 11.2. The molecule has 0 fully saturated rings. The number of para-hydroxylation sites is 1. The molecule has 2 aromatic carbocycles. The van der Waals surface area contributed by atoms with Gasteiger partial charge in [0.25, 0.3) is 5.69 Å². The fourth-order valence-corrected chi connectivity index (χ4v) is 2.54. The van der Waals surface area contributed by atoms with Crippen LogP contribution in [0.3, 0.4) is 0 Å². The maximum Gasteiger partial charge on any atom is 0.317 e. The fourth-order valence-electron chi connectivity index (χ4n) is 2.54. The van der Waals surface area contributed by atoms with E-state index >= 15 is 0 Å². The highest BCUT2D eigenvalue weighted by atomic mass is 16.5. The van der Waals surface area contributed by atoms with E-state index < -0.39 is 5.91 Å². The van der Waals surface area contributed by atoms with Gasteiger partial charge in [0.05, 0.1) is 6.04 Å². The van der Waals surface area contributed by atoms with Gasteiger partial charge in [0.15, 0.2) is 0 Å². The van der Waals surface area contributed by atoms with Crippen LogP contribution in [0.1, 0.15) is 22.1 Å². The third-order valence-corrected chi connectivity index (χ3v) is 3.77. The number of carbonyl (C=O) groups is 1. The number of nitrogens with one attached hydrogen (secondary N) is 1. The zero-order valence-electron chi connectivity index (χ0n) is 12.5. The summed E-state index contributed by atoms with van der Waals surface area (Å²) in [5.74, 6) is -0.440. The van der Waals surface area contributed by atoms with Gasteiger partial charge in [-0.3, -0.25) is 4.79 Å². The van der Waals surface area contributed by atoms with Gasteiger partial charge in [0.1, 0.15) is 0 Å². The number of hydrogen-bond acceptors (Lipinski definition) is 3. The lowest BCUT2D eigenvalue weighted by atomic mass is 10.1. The summed E-state index contributed by atoms with van der Waals surface area (Å²) in [5, 5.41) is 16.0. The van der Waals surface area contributed by atoms with Crippen LogP contribution in [0.15, 0.2) is 66.7 Å². The van der Waals surface area contributed by atoms with Crippen molar-refractivity contribution in [1.82, 2.24) is 5.32 Å². The van der Waals surface area contributed by atoms with E-state index in [0.29, 0.717) is 10.2 Å². The summed E-state index contributed by atoms with van der Waals surface area (Å²) in [4.78, 5) is 12.5. The Morgan fingerprint density at radius 3 is 2.48 bits per heavy atom. The van der Waals surface area contributed by atoms with E-state index in [-0.39, 0.29) is 18.3 Å². The van der Waals surface area contributed by atoms with Gasteiger partial charge in [0.2, 0.25) is 5.52 Å².